The largest absolute Gasteiger partial charge is 0.344 e. The van der Waals surface area contributed by atoms with Crippen molar-refractivity contribution in [1.29, 1.82) is 0 Å². The van der Waals surface area contributed by atoms with Gasteiger partial charge in [0.25, 0.3) is 0 Å². The number of nitrogens with one attached hydrogen (secondary N) is 1. The maximum absolute atomic E-state index is 13.1. The predicted octanol–water partition coefficient (Wildman–Crippen LogP) is 4.71. The van der Waals surface area contributed by atoms with Crippen LogP contribution in [0.5, 0.6) is 0 Å². The quantitative estimate of drug-likeness (QED) is 0.562. The van der Waals surface area contributed by atoms with E-state index >= 15 is 0 Å². The molecule has 31 heavy (non-hydrogen) atoms. The first-order valence-corrected chi connectivity index (χ1v) is 12.8. The van der Waals surface area contributed by atoms with Gasteiger partial charge in [-0.3, -0.25) is 4.79 Å². The van der Waals surface area contributed by atoms with Gasteiger partial charge in [0.05, 0.1) is 10.9 Å². The number of carbonyl (C=O) groups is 1. The minimum absolute atomic E-state index is 0.0363. The number of benzene rings is 2. The topological polar surface area (TPSA) is 66.5 Å². The van der Waals surface area contributed by atoms with Crippen LogP contribution in [-0.4, -0.2) is 31.7 Å². The second kappa shape index (κ2) is 9.53. The van der Waals surface area contributed by atoms with Crippen molar-refractivity contribution in [3.05, 3.63) is 87.6 Å². The van der Waals surface area contributed by atoms with Crippen LogP contribution < -0.4 is 5.32 Å². The lowest BCUT2D eigenvalue weighted by molar-refractivity contribution is -0.126. The zero-order valence-electron chi connectivity index (χ0n) is 16.8. The van der Waals surface area contributed by atoms with Crippen LogP contribution >= 0.6 is 22.9 Å². The van der Waals surface area contributed by atoms with Gasteiger partial charge in [-0.1, -0.05) is 48.0 Å². The Kier molecular flexibility index (Phi) is 6.77. The molecule has 0 bridgehead atoms. The number of piperidine rings is 1. The summed E-state index contributed by atoms with van der Waals surface area (Å²) in [6.07, 6.45) is 0.981. The van der Waals surface area contributed by atoms with Crippen LogP contribution in [0.1, 0.15) is 29.3 Å². The summed E-state index contributed by atoms with van der Waals surface area (Å²) in [6, 6.07) is 19.8. The Bertz CT molecular complexity index is 1110. The van der Waals surface area contributed by atoms with E-state index in [1.165, 1.54) is 16.4 Å². The first-order chi connectivity index (χ1) is 14.9. The van der Waals surface area contributed by atoms with Crippen LogP contribution in [0.2, 0.25) is 5.02 Å². The third-order valence-corrected chi connectivity index (χ3v) is 8.63. The number of nitrogens with zero attached hydrogens (tertiary/aromatic N) is 1. The van der Waals surface area contributed by atoms with Gasteiger partial charge in [-0.15, -0.1) is 11.3 Å². The molecule has 1 saturated heterocycles. The zero-order valence-corrected chi connectivity index (χ0v) is 19.2. The van der Waals surface area contributed by atoms with Crippen LogP contribution in [-0.2, 0) is 14.8 Å². The fourth-order valence-electron chi connectivity index (χ4n) is 3.79. The summed E-state index contributed by atoms with van der Waals surface area (Å²) < 4.78 is 27.2. The Morgan fingerprint density at radius 3 is 2.29 bits per heavy atom. The van der Waals surface area contributed by atoms with Gasteiger partial charge in [-0.2, -0.15) is 4.31 Å². The smallest absolute Gasteiger partial charge is 0.243 e. The molecule has 1 amide bonds. The van der Waals surface area contributed by atoms with E-state index in [2.05, 4.69) is 5.32 Å². The summed E-state index contributed by atoms with van der Waals surface area (Å²) >= 11 is 7.48. The predicted molar refractivity (Wildman–Crippen MR) is 124 cm³/mol. The van der Waals surface area contributed by atoms with Gasteiger partial charge in [-0.25, -0.2) is 8.42 Å². The summed E-state index contributed by atoms with van der Waals surface area (Å²) in [6.45, 7) is 0.635. The number of amides is 1. The van der Waals surface area contributed by atoms with Crippen molar-refractivity contribution in [3.8, 4) is 0 Å². The monoisotopic (exact) mass is 474 g/mol. The highest BCUT2D eigenvalue weighted by Crippen LogP contribution is 2.29. The second-order valence-electron chi connectivity index (χ2n) is 7.50. The van der Waals surface area contributed by atoms with Crippen LogP contribution in [0.25, 0.3) is 0 Å². The van der Waals surface area contributed by atoms with Gasteiger partial charge in [0.2, 0.25) is 15.9 Å². The third-order valence-electron chi connectivity index (χ3n) is 5.52. The van der Waals surface area contributed by atoms with Gasteiger partial charge in [0.15, 0.2) is 0 Å². The summed E-state index contributed by atoms with van der Waals surface area (Å²) in [5.41, 5.74) is 1.03. The van der Waals surface area contributed by atoms with E-state index in [1.54, 1.807) is 23.5 Å². The van der Waals surface area contributed by atoms with E-state index in [4.69, 9.17) is 11.6 Å². The molecular weight excluding hydrogens is 452 g/mol. The first kappa shape index (κ1) is 22.0. The molecule has 3 aromatic rings. The summed E-state index contributed by atoms with van der Waals surface area (Å²) in [5.74, 6) is -0.256. The summed E-state index contributed by atoms with van der Waals surface area (Å²) in [7, 11) is -3.58. The molecule has 1 N–H and O–H groups in total. The van der Waals surface area contributed by atoms with Crippen molar-refractivity contribution in [1.82, 2.24) is 9.62 Å². The first-order valence-electron chi connectivity index (χ1n) is 10.1. The van der Waals surface area contributed by atoms with Crippen molar-refractivity contribution >= 4 is 38.9 Å². The lowest BCUT2D eigenvalue weighted by Crippen LogP contribution is -2.43. The number of hydrogen-bond donors (Lipinski definition) is 1. The van der Waals surface area contributed by atoms with E-state index in [1.807, 2.05) is 47.8 Å². The molecule has 1 aromatic heterocycles. The SMILES string of the molecule is O=C(NC(c1ccccc1)c1cccs1)C1CCN(S(=O)(=O)c2ccc(Cl)cc2)CC1. The van der Waals surface area contributed by atoms with E-state index in [0.717, 1.165) is 10.4 Å². The molecule has 1 fully saturated rings. The summed E-state index contributed by atoms with van der Waals surface area (Å²) in [4.78, 5) is 14.3. The van der Waals surface area contributed by atoms with Crippen molar-refractivity contribution in [2.75, 3.05) is 13.1 Å². The molecule has 2 heterocycles. The lowest BCUT2D eigenvalue weighted by atomic mass is 9.96. The fraction of sp³-hybridized carbons (Fsp3) is 0.261. The maximum atomic E-state index is 13.1. The standard InChI is InChI=1S/C23H23ClN2O3S2/c24-19-8-10-20(11-9-19)31(28,29)26-14-12-18(13-15-26)23(27)25-22(21-7-4-16-30-21)17-5-2-1-3-6-17/h1-11,16,18,22H,12-15H2,(H,25,27). The fourth-order valence-corrected chi connectivity index (χ4v) is 6.19. The Labute approximate surface area is 191 Å². The Morgan fingerprint density at radius 2 is 1.68 bits per heavy atom. The van der Waals surface area contributed by atoms with Crippen LogP contribution in [0.15, 0.2) is 77.0 Å². The molecule has 8 heteroatoms. The van der Waals surface area contributed by atoms with Gasteiger partial charge < -0.3 is 5.32 Å². The average molecular weight is 475 g/mol. The average Bonchev–Trinajstić information content (AvgIpc) is 3.33. The molecule has 0 saturated carbocycles. The molecule has 1 atom stereocenters. The van der Waals surface area contributed by atoms with Crippen molar-refractivity contribution in [2.45, 2.75) is 23.8 Å². The molecule has 0 aliphatic carbocycles. The van der Waals surface area contributed by atoms with Crippen LogP contribution in [0.4, 0.5) is 0 Å². The number of halogens is 1. The molecule has 162 valence electrons. The normalized spacial score (nSPS) is 16.7. The highest BCUT2D eigenvalue weighted by atomic mass is 35.5. The molecule has 2 aromatic carbocycles. The van der Waals surface area contributed by atoms with E-state index in [-0.39, 0.29) is 22.8 Å². The third kappa shape index (κ3) is 5.01. The van der Waals surface area contributed by atoms with E-state index < -0.39 is 10.0 Å². The molecule has 1 aliphatic heterocycles. The number of hydrogen-bond acceptors (Lipinski definition) is 4. The molecular formula is C23H23ClN2O3S2. The van der Waals surface area contributed by atoms with Gasteiger partial charge >= 0.3 is 0 Å². The molecule has 0 spiro atoms. The minimum Gasteiger partial charge on any atom is -0.344 e. The van der Waals surface area contributed by atoms with Crippen molar-refractivity contribution in [3.63, 3.8) is 0 Å². The number of sulfonamides is 1. The van der Waals surface area contributed by atoms with E-state index in [0.29, 0.717) is 31.0 Å². The highest BCUT2D eigenvalue weighted by Gasteiger charge is 2.33. The minimum atomic E-state index is -3.58. The van der Waals surface area contributed by atoms with Crippen LogP contribution in [0.3, 0.4) is 0 Å². The molecule has 1 aliphatic rings. The molecule has 4 rings (SSSR count). The van der Waals surface area contributed by atoms with Crippen LogP contribution in [0, 0.1) is 5.92 Å². The zero-order chi connectivity index (χ0) is 21.8. The Balaban J connectivity index is 1.42. The highest BCUT2D eigenvalue weighted by molar-refractivity contribution is 7.89. The number of thiophene rings is 1. The van der Waals surface area contributed by atoms with Gasteiger partial charge in [0, 0.05) is 28.9 Å². The van der Waals surface area contributed by atoms with Gasteiger partial charge in [0.1, 0.15) is 0 Å². The van der Waals surface area contributed by atoms with Crippen molar-refractivity contribution in [2.24, 2.45) is 5.92 Å². The van der Waals surface area contributed by atoms with Gasteiger partial charge in [-0.05, 0) is 54.1 Å². The number of rotatable bonds is 6. The molecule has 5 nitrogen and oxygen atoms in total. The lowest BCUT2D eigenvalue weighted by Gasteiger charge is -2.31. The van der Waals surface area contributed by atoms with E-state index in [9.17, 15) is 13.2 Å². The Hall–Kier alpha value is -2.19. The van der Waals surface area contributed by atoms with Crippen molar-refractivity contribution < 1.29 is 13.2 Å². The maximum Gasteiger partial charge on any atom is 0.243 e. The molecule has 0 radical (unpaired) electrons. The Morgan fingerprint density at radius 1 is 1.00 bits per heavy atom. The molecule has 1 unspecified atom stereocenters. The summed E-state index contributed by atoms with van der Waals surface area (Å²) in [5, 5.41) is 5.68. The second-order valence-corrected chi connectivity index (χ2v) is 10.9. The number of carbonyl (C=O) groups excluding carboxylic acids is 1.